The van der Waals surface area contributed by atoms with Gasteiger partial charge >= 0.3 is 0 Å². The van der Waals surface area contributed by atoms with Crippen LogP contribution in [0.1, 0.15) is 76.1 Å². The van der Waals surface area contributed by atoms with E-state index < -0.39 is 0 Å². The van der Waals surface area contributed by atoms with E-state index >= 15 is 0 Å². The molecule has 112 valence electrons. The van der Waals surface area contributed by atoms with Crippen molar-refractivity contribution in [3.8, 4) is 0 Å². The van der Waals surface area contributed by atoms with Crippen LogP contribution in [0, 0.1) is 5.41 Å². The largest absolute Gasteiger partial charge is 0.328 e. The minimum Gasteiger partial charge on any atom is -0.328 e. The fourth-order valence-corrected chi connectivity index (χ4v) is 4.11. The van der Waals surface area contributed by atoms with Crippen molar-refractivity contribution >= 4 is 0 Å². The lowest BCUT2D eigenvalue weighted by Gasteiger charge is -2.41. The highest BCUT2D eigenvalue weighted by Crippen LogP contribution is 2.45. The number of imidazole rings is 1. The Morgan fingerprint density at radius 1 is 1.35 bits per heavy atom. The molecule has 1 aliphatic carbocycles. The van der Waals surface area contributed by atoms with E-state index in [4.69, 9.17) is 4.98 Å². The molecular formula is C17H29N3. The van der Waals surface area contributed by atoms with E-state index in [-0.39, 0.29) is 0 Å². The van der Waals surface area contributed by atoms with Gasteiger partial charge in [0, 0.05) is 37.7 Å². The van der Waals surface area contributed by atoms with Crippen molar-refractivity contribution in [3.63, 3.8) is 0 Å². The normalized spacial score (nSPS) is 25.4. The molecule has 1 fully saturated rings. The average Bonchev–Trinajstić information content (AvgIpc) is 2.77. The third-order valence-corrected chi connectivity index (χ3v) is 5.23. The van der Waals surface area contributed by atoms with Crippen LogP contribution in [0.25, 0.3) is 0 Å². The van der Waals surface area contributed by atoms with Crippen molar-refractivity contribution in [1.82, 2.24) is 14.9 Å². The molecule has 1 aromatic heterocycles. The first-order valence-electron chi connectivity index (χ1n) is 8.43. The van der Waals surface area contributed by atoms with Crippen LogP contribution in [0.15, 0.2) is 0 Å². The molecule has 0 saturated heterocycles. The fraction of sp³-hybridized carbons (Fsp3) is 0.824. The number of nitrogens with zero attached hydrogens (tertiary/aromatic N) is 2. The summed E-state index contributed by atoms with van der Waals surface area (Å²) >= 11 is 0. The van der Waals surface area contributed by atoms with E-state index in [1.54, 1.807) is 0 Å². The van der Waals surface area contributed by atoms with Gasteiger partial charge in [0.2, 0.25) is 0 Å². The second-order valence-electron chi connectivity index (χ2n) is 7.22. The minimum absolute atomic E-state index is 0.417. The molecule has 1 unspecified atom stereocenters. The zero-order valence-corrected chi connectivity index (χ0v) is 13.3. The Kier molecular flexibility index (Phi) is 3.89. The summed E-state index contributed by atoms with van der Waals surface area (Å²) in [5, 5.41) is 3.47. The van der Waals surface area contributed by atoms with Crippen molar-refractivity contribution in [2.75, 3.05) is 6.54 Å². The molecule has 1 saturated carbocycles. The predicted octanol–water partition coefficient (Wildman–Crippen LogP) is 3.62. The quantitative estimate of drug-likeness (QED) is 0.913. The summed E-state index contributed by atoms with van der Waals surface area (Å²) in [5.74, 6) is 1.35. The number of aromatic nitrogens is 2. The number of hydrogen-bond donors (Lipinski definition) is 1. The van der Waals surface area contributed by atoms with Crippen LogP contribution in [0.2, 0.25) is 0 Å². The number of aryl methyl sites for hydroxylation is 1. The van der Waals surface area contributed by atoms with Crippen LogP contribution in [0.3, 0.4) is 0 Å². The minimum atomic E-state index is 0.417. The summed E-state index contributed by atoms with van der Waals surface area (Å²) in [6, 6.07) is 0.659. The highest BCUT2D eigenvalue weighted by molar-refractivity contribution is 5.22. The lowest BCUT2D eigenvalue weighted by Crippen LogP contribution is -2.34. The van der Waals surface area contributed by atoms with Crippen molar-refractivity contribution < 1.29 is 0 Å². The molecule has 2 heterocycles. The Hall–Kier alpha value is -0.830. The summed E-state index contributed by atoms with van der Waals surface area (Å²) in [6.45, 7) is 9.26. The molecule has 0 spiro atoms. The molecule has 3 heteroatoms. The number of nitrogens with one attached hydrogen (secondary N) is 1. The first-order chi connectivity index (χ1) is 9.63. The second kappa shape index (κ2) is 5.51. The topological polar surface area (TPSA) is 29.9 Å². The van der Waals surface area contributed by atoms with Crippen molar-refractivity contribution in [2.24, 2.45) is 5.41 Å². The van der Waals surface area contributed by atoms with E-state index in [1.807, 2.05) is 0 Å². The maximum absolute atomic E-state index is 4.98. The van der Waals surface area contributed by atoms with Crippen molar-refractivity contribution in [3.05, 3.63) is 17.2 Å². The first kappa shape index (κ1) is 14.1. The van der Waals surface area contributed by atoms with E-state index in [2.05, 4.69) is 30.7 Å². The molecule has 3 rings (SSSR count). The van der Waals surface area contributed by atoms with E-state index in [0.29, 0.717) is 11.5 Å². The van der Waals surface area contributed by atoms with Crippen molar-refractivity contribution in [1.29, 1.82) is 0 Å². The van der Waals surface area contributed by atoms with Gasteiger partial charge in [0.05, 0.1) is 5.69 Å². The van der Waals surface area contributed by atoms with Crippen molar-refractivity contribution in [2.45, 2.75) is 78.3 Å². The fourth-order valence-electron chi connectivity index (χ4n) is 4.11. The van der Waals surface area contributed by atoms with Gasteiger partial charge in [-0.1, -0.05) is 33.6 Å². The van der Waals surface area contributed by atoms with E-state index in [1.165, 1.54) is 49.3 Å². The summed E-state index contributed by atoms with van der Waals surface area (Å²) in [5.41, 5.74) is 3.27. The lowest BCUT2D eigenvalue weighted by molar-refractivity contribution is 0.138. The zero-order valence-electron chi connectivity index (χ0n) is 13.3. The smallest absolute Gasteiger partial charge is 0.109 e. The summed E-state index contributed by atoms with van der Waals surface area (Å²) in [7, 11) is 0. The van der Waals surface area contributed by atoms with Gasteiger partial charge < -0.3 is 9.88 Å². The summed E-state index contributed by atoms with van der Waals surface area (Å²) in [4.78, 5) is 4.98. The van der Waals surface area contributed by atoms with Gasteiger partial charge in [0.25, 0.3) is 0 Å². The van der Waals surface area contributed by atoms with Gasteiger partial charge in [-0.15, -0.1) is 0 Å². The first-order valence-corrected chi connectivity index (χ1v) is 8.43. The van der Waals surface area contributed by atoms with E-state index in [9.17, 15) is 0 Å². The third kappa shape index (κ3) is 2.41. The van der Waals surface area contributed by atoms with Gasteiger partial charge in [-0.3, -0.25) is 0 Å². The predicted molar refractivity (Wildman–Crippen MR) is 82.9 cm³/mol. The SMILES string of the molecule is CCCc1nc2c(n1C1CCCCC1(C)C)CCNC2. The molecule has 1 atom stereocenters. The van der Waals surface area contributed by atoms with Gasteiger partial charge in [-0.2, -0.15) is 0 Å². The summed E-state index contributed by atoms with van der Waals surface area (Å²) < 4.78 is 2.67. The van der Waals surface area contributed by atoms with Crippen LogP contribution in [-0.2, 0) is 19.4 Å². The van der Waals surface area contributed by atoms with Gasteiger partial charge in [0.1, 0.15) is 5.82 Å². The number of rotatable bonds is 3. The molecule has 1 N–H and O–H groups in total. The molecule has 0 amide bonds. The van der Waals surface area contributed by atoms with Crippen LogP contribution in [-0.4, -0.2) is 16.1 Å². The molecule has 1 aliphatic heterocycles. The van der Waals surface area contributed by atoms with Gasteiger partial charge in [0.15, 0.2) is 0 Å². The monoisotopic (exact) mass is 275 g/mol. The Bertz CT molecular complexity index is 473. The van der Waals surface area contributed by atoms with Crippen LogP contribution in [0.4, 0.5) is 0 Å². The van der Waals surface area contributed by atoms with Gasteiger partial charge in [-0.05, 0) is 24.7 Å². The Balaban J connectivity index is 2.03. The highest BCUT2D eigenvalue weighted by atomic mass is 15.2. The number of hydrogen-bond acceptors (Lipinski definition) is 2. The van der Waals surface area contributed by atoms with E-state index in [0.717, 1.165) is 25.9 Å². The maximum Gasteiger partial charge on any atom is 0.109 e. The molecule has 3 nitrogen and oxygen atoms in total. The Morgan fingerprint density at radius 3 is 2.95 bits per heavy atom. The number of fused-ring (bicyclic) bond motifs is 1. The zero-order chi connectivity index (χ0) is 14.2. The molecule has 0 bridgehead atoms. The standard InChI is InChI=1S/C17H29N3/c1-4-7-16-19-13-12-18-11-9-14(13)20(16)15-8-5-6-10-17(15,2)3/h15,18H,4-12H2,1-3H3. The maximum atomic E-state index is 4.98. The highest BCUT2D eigenvalue weighted by Gasteiger charge is 2.36. The molecule has 2 aliphatic rings. The second-order valence-corrected chi connectivity index (χ2v) is 7.22. The molecule has 20 heavy (non-hydrogen) atoms. The van der Waals surface area contributed by atoms with Crippen LogP contribution >= 0.6 is 0 Å². The third-order valence-electron chi connectivity index (χ3n) is 5.23. The van der Waals surface area contributed by atoms with Gasteiger partial charge in [-0.25, -0.2) is 4.98 Å². The van der Waals surface area contributed by atoms with Crippen LogP contribution < -0.4 is 5.32 Å². The molecule has 1 aromatic rings. The lowest BCUT2D eigenvalue weighted by atomic mass is 9.73. The Labute approximate surface area is 123 Å². The molecule has 0 radical (unpaired) electrons. The Morgan fingerprint density at radius 2 is 2.20 bits per heavy atom. The molecular weight excluding hydrogens is 246 g/mol. The summed E-state index contributed by atoms with van der Waals surface area (Å²) in [6.07, 6.45) is 8.93. The van der Waals surface area contributed by atoms with Crippen LogP contribution in [0.5, 0.6) is 0 Å². The molecule has 0 aromatic carbocycles. The average molecular weight is 275 g/mol.